The molecule has 0 unspecified atom stereocenters. The number of hydrogen-bond acceptors (Lipinski definition) is 6. The highest BCUT2D eigenvalue weighted by Crippen LogP contribution is 2.48. The predicted octanol–water partition coefficient (Wildman–Crippen LogP) is 1.88. The van der Waals surface area contributed by atoms with Gasteiger partial charge in [-0.25, -0.2) is 4.39 Å². The molecule has 8 heteroatoms. The third-order valence-electron chi connectivity index (χ3n) is 3.28. The highest BCUT2D eigenvalue weighted by molar-refractivity contribution is 5.77. The monoisotopic (exact) mass is 299 g/mol. The number of halogens is 1. The summed E-state index contributed by atoms with van der Waals surface area (Å²) in [6, 6.07) is 3.81. The van der Waals surface area contributed by atoms with E-state index in [2.05, 4.69) is 4.74 Å². The second kappa shape index (κ2) is 5.55. The Kier molecular flexibility index (Phi) is 3.97. The lowest BCUT2D eigenvalue weighted by atomic mass is 10.2. The van der Waals surface area contributed by atoms with E-state index >= 15 is 0 Å². The smallest absolute Gasteiger partial charge is 0.312 e. The van der Waals surface area contributed by atoms with Gasteiger partial charge in [0.05, 0.1) is 37.2 Å². The van der Waals surface area contributed by atoms with Crippen molar-refractivity contribution in [2.24, 2.45) is 5.92 Å². The van der Waals surface area contributed by atoms with Gasteiger partial charge in [0, 0.05) is 12.5 Å². The molecule has 0 aliphatic heterocycles. The largest absolute Gasteiger partial charge is 0.496 e. The minimum absolute atomic E-state index is 0.0196. The number of ether oxygens (including phenoxy) is 3. The minimum atomic E-state index is -1.79. The highest BCUT2D eigenvalue weighted by Gasteiger charge is 2.61. The highest BCUT2D eigenvalue weighted by atomic mass is 19.1. The Bertz CT molecular complexity index is 578. The van der Waals surface area contributed by atoms with Crippen molar-refractivity contribution in [2.75, 3.05) is 20.8 Å². The molecule has 0 N–H and O–H groups in total. The lowest BCUT2D eigenvalue weighted by molar-refractivity contribution is -0.385. The lowest BCUT2D eigenvalue weighted by Crippen LogP contribution is -2.21. The molecule has 1 aromatic carbocycles. The van der Waals surface area contributed by atoms with E-state index in [-0.39, 0.29) is 30.2 Å². The van der Waals surface area contributed by atoms with E-state index < -0.39 is 22.5 Å². The Morgan fingerprint density at radius 2 is 2.10 bits per heavy atom. The first-order valence-corrected chi connectivity index (χ1v) is 6.12. The zero-order chi connectivity index (χ0) is 15.6. The van der Waals surface area contributed by atoms with Gasteiger partial charge in [0.25, 0.3) is 5.69 Å². The number of alkyl halides is 1. The fourth-order valence-electron chi connectivity index (χ4n) is 1.94. The third-order valence-corrected chi connectivity index (χ3v) is 3.28. The number of esters is 1. The van der Waals surface area contributed by atoms with Gasteiger partial charge in [-0.2, -0.15) is 0 Å². The topological polar surface area (TPSA) is 87.9 Å². The molecule has 1 fully saturated rings. The second-order valence-electron chi connectivity index (χ2n) is 4.73. The maximum absolute atomic E-state index is 14.1. The molecule has 0 bridgehead atoms. The van der Waals surface area contributed by atoms with Crippen molar-refractivity contribution >= 4 is 11.7 Å². The van der Waals surface area contributed by atoms with Crippen molar-refractivity contribution in [3.63, 3.8) is 0 Å². The van der Waals surface area contributed by atoms with E-state index in [0.717, 1.165) is 0 Å². The Morgan fingerprint density at radius 3 is 2.67 bits per heavy atom. The van der Waals surface area contributed by atoms with E-state index in [4.69, 9.17) is 9.47 Å². The fraction of sp³-hybridized carbons (Fsp3) is 0.462. The summed E-state index contributed by atoms with van der Waals surface area (Å²) in [6.45, 7) is -0.378. The number of benzene rings is 1. The van der Waals surface area contributed by atoms with E-state index in [1.165, 1.54) is 32.4 Å². The van der Waals surface area contributed by atoms with Crippen LogP contribution in [0.4, 0.5) is 10.1 Å². The number of nitro groups is 1. The standard InChI is InChI=1S/C13H14FNO6/c1-19-9-3-8(15(17)18)4-10(5-9)21-7-13(14)6-11(13)12(16)20-2/h3-5,11H,6-7H2,1-2H3/t11-,13-/m0/s1. The second-order valence-corrected chi connectivity index (χ2v) is 4.73. The van der Waals surface area contributed by atoms with Crippen LogP contribution in [0.2, 0.25) is 0 Å². The van der Waals surface area contributed by atoms with Crippen LogP contribution in [0.5, 0.6) is 11.5 Å². The van der Waals surface area contributed by atoms with Crippen molar-refractivity contribution in [3.8, 4) is 11.5 Å². The van der Waals surface area contributed by atoms with Gasteiger partial charge in [-0.05, 0) is 0 Å². The number of nitro benzene ring substituents is 1. The number of carbonyl (C=O) groups is 1. The molecule has 1 aliphatic rings. The molecular formula is C13H14FNO6. The third kappa shape index (κ3) is 3.21. The zero-order valence-corrected chi connectivity index (χ0v) is 11.5. The van der Waals surface area contributed by atoms with Crippen LogP contribution in [-0.4, -0.2) is 37.4 Å². The van der Waals surface area contributed by atoms with Gasteiger partial charge in [0.2, 0.25) is 0 Å². The summed E-state index contributed by atoms with van der Waals surface area (Å²) < 4.78 is 28.7. The summed E-state index contributed by atoms with van der Waals surface area (Å²) in [5.74, 6) is -1.14. The first-order chi connectivity index (χ1) is 9.89. The van der Waals surface area contributed by atoms with Gasteiger partial charge >= 0.3 is 5.97 Å². The number of non-ortho nitro benzene ring substituents is 1. The summed E-state index contributed by atoms with van der Waals surface area (Å²) >= 11 is 0. The molecule has 7 nitrogen and oxygen atoms in total. The van der Waals surface area contributed by atoms with Crippen LogP contribution in [0.25, 0.3) is 0 Å². The molecule has 0 radical (unpaired) electrons. The molecule has 1 aliphatic carbocycles. The van der Waals surface area contributed by atoms with Gasteiger partial charge < -0.3 is 14.2 Å². The lowest BCUT2D eigenvalue weighted by Gasteiger charge is -2.11. The Labute approximate surface area is 119 Å². The Morgan fingerprint density at radius 1 is 1.43 bits per heavy atom. The maximum Gasteiger partial charge on any atom is 0.312 e. The van der Waals surface area contributed by atoms with Gasteiger partial charge in [-0.3, -0.25) is 14.9 Å². The van der Waals surface area contributed by atoms with Crippen LogP contribution >= 0.6 is 0 Å². The fourth-order valence-corrected chi connectivity index (χ4v) is 1.94. The molecule has 0 saturated heterocycles. The van der Waals surface area contributed by atoms with Gasteiger partial charge in [-0.15, -0.1) is 0 Å². The molecular weight excluding hydrogens is 285 g/mol. The SMILES string of the molecule is COC(=O)[C@@H]1C[C@]1(F)COc1cc(OC)cc([N+](=O)[O-])c1. The minimum Gasteiger partial charge on any atom is -0.496 e. The number of carbonyl (C=O) groups excluding carboxylic acids is 1. The first kappa shape index (κ1) is 15.0. The number of methoxy groups -OCH3 is 2. The quantitative estimate of drug-likeness (QED) is 0.453. The summed E-state index contributed by atoms with van der Waals surface area (Å²) in [5, 5.41) is 10.8. The first-order valence-electron chi connectivity index (χ1n) is 6.12. The van der Waals surface area contributed by atoms with Crippen LogP contribution in [-0.2, 0) is 9.53 Å². The molecule has 2 atom stereocenters. The molecule has 1 saturated carbocycles. The van der Waals surface area contributed by atoms with Crippen LogP contribution in [0.3, 0.4) is 0 Å². The molecule has 0 spiro atoms. The van der Waals surface area contributed by atoms with Crippen LogP contribution in [0, 0.1) is 16.0 Å². The normalized spacial score (nSPS) is 23.3. The number of nitrogens with zero attached hydrogens (tertiary/aromatic N) is 1. The maximum atomic E-state index is 14.1. The molecule has 0 amide bonds. The van der Waals surface area contributed by atoms with E-state index in [1.807, 2.05) is 0 Å². The predicted molar refractivity (Wildman–Crippen MR) is 69.1 cm³/mol. The van der Waals surface area contributed by atoms with Gasteiger partial charge in [0.1, 0.15) is 18.1 Å². The molecule has 2 rings (SSSR count). The summed E-state index contributed by atoms with van der Waals surface area (Å²) in [7, 11) is 2.54. The van der Waals surface area contributed by atoms with Crippen molar-refractivity contribution < 1.29 is 28.3 Å². The van der Waals surface area contributed by atoms with Crippen LogP contribution in [0.1, 0.15) is 6.42 Å². The molecule has 21 heavy (non-hydrogen) atoms. The number of hydrogen-bond donors (Lipinski definition) is 0. The average Bonchev–Trinajstić information content (AvgIpc) is 3.16. The van der Waals surface area contributed by atoms with Crippen molar-refractivity contribution in [2.45, 2.75) is 12.1 Å². The summed E-state index contributed by atoms with van der Waals surface area (Å²) in [4.78, 5) is 21.4. The summed E-state index contributed by atoms with van der Waals surface area (Å²) in [5.41, 5.74) is -2.01. The molecule has 1 aromatic rings. The Hall–Kier alpha value is -2.38. The van der Waals surface area contributed by atoms with Crippen LogP contribution in [0.15, 0.2) is 18.2 Å². The van der Waals surface area contributed by atoms with Gasteiger partial charge in [-0.1, -0.05) is 0 Å². The molecule has 0 heterocycles. The average molecular weight is 299 g/mol. The van der Waals surface area contributed by atoms with Crippen molar-refractivity contribution in [1.29, 1.82) is 0 Å². The number of rotatable bonds is 6. The van der Waals surface area contributed by atoms with Crippen molar-refractivity contribution in [1.82, 2.24) is 0 Å². The Balaban J connectivity index is 2.05. The van der Waals surface area contributed by atoms with Crippen LogP contribution < -0.4 is 9.47 Å². The van der Waals surface area contributed by atoms with E-state index in [9.17, 15) is 19.3 Å². The molecule has 0 aromatic heterocycles. The van der Waals surface area contributed by atoms with E-state index in [1.54, 1.807) is 0 Å². The van der Waals surface area contributed by atoms with Crippen molar-refractivity contribution in [3.05, 3.63) is 28.3 Å². The van der Waals surface area contributed by atoms with E-state index in [0.29, 0.717) is 0 Å². The molecule has 114 valence electrons. The zero-order valence-electron chi connectivity index (χ0n) is 11.5. The summed E-state index contributed by atoms with van der Waals surface area (Å²) in [6.07, 6.45) is 0.0196. The van der Waals surface area contributed by atoms with Gasteiger partial charge in [0.15, 0.2) is 5.67 Å².